The Hall–Kier alpha value is -2.74. The molecule has 0 unspecified atom stereocenters. The predicted molar refractivity (Wildman–Crippen MR) is 109 cm³/mol. The van der Waals surface area contributed by atoms with Gasteiger partial charge in [0, 0.05) is 18.8 Å². The number of hydrogen-bond acceptors (Lipinski definition) is 4. The molecule has 0 aromatic heterocycles. The van der Waals surface area contributed by atoms with Gasteiger partial charge in [0.25, 0.3) is 10.0 Å². The molecule has 0 aliphatic carbocycles. The van der Waals surface area contributed by atoms with Crippen molar-refractivity contribution in [2.45, 2.75) is 31.1 Å². The molecule has 0 spiro atoms. The lowest BCUT2D eigenvalue weighted by Crippen LogP contribution is -2.38. The first-order valence-corrected chi connectivity index (χ1v) is 10.9. The van der Waals surface area contributed by atoms with Gasteiger partial charge in [0.1, 0.15) is 5.75 Å². The third-order valence-corrected chi connectivity index (χ3v) is 5.87. The monoisotopic (exact) mass is 403 g/mol. The zero-order valence-electron chi connectivity index (χ0n) is 15.8. The summed E-state index contributed by atoms with van der Waals surface area (Å²) in [4.78, 5) is 14.1. The molecular formula is C20H25N3O4S. The Morgan fingerprint density at radius 2 is 1.71 bits per heavy atom. The number of sulfonamides is 1. The average Bonchev–Trinajstić information content (AvgIpc) is 2.70. The Morgan fingerprint density at radius 1 is 1.04 bits per heavy atom. The van der Waals surface area contributed by atoms with E-state index in [1.807, 2.05) is 6.92 Å². The molecule has 2 aromatic rings. The number of amides is 2. The fourth-order valence-corrected chi connectivity index (χ4v) is 4.12. The molecule has 2 amide bonds. The number of piperidine rings is 1. The van der Waals surface area contributed by atoms with E-state index in [4.69, 9.17) is 4.74 Å². The van der Waals surface area contributed by atoms with Crippen LogP contribution in [0.4, 0.5) is 16.2 Å². The molecule has 0 radical (unpaired) electrons. The van der Waals surface area contributed by atoms with E-state index in [2.05, 4.69) is 10.0 Å². The average molecular weight is 404 g/mol. The lowest BCUT2D eigenvalue weighted by Gasteiger charge is -2.26. The van der Waals surface area contributed by atoms with Crippen LogP contribution in [0.2, 0.25) is 0 Å². The molecule has 1 heterocycles. The number of hydrogen-bond donors (Lipinski definition) is 2. The van der Waals surface area contributed by atoms with Gasteiger partial charge in [-0.1, -0.05) is 12.1 Å². The molecule has 3 rings (SSSR count). The van der Waals surface area contributed by atoms with Gasteiger partial charge in [0.15, 0.2) is 0 Å². The van der Waals surface area contributed by atoms with Crippen LogP contribution in [-0.4, -0.2) is 39.0 Å². The molecular weight excluding hydrogens is 378 g/mol. The lowest BCUT2D eigenvalue weighted by atomic mass is 10.1. The maximum absolute atomic E-state index is 12.7. The quantitative estimate of drug-likeness (QED) is 0.766. The first-order chi connectivity index (χ1) is 13.5. The van der Waals surface area contributed by atoms with Crippen LogP contribution in [0.15, 0.2) is 53.4 Å². The highest BCUT2D eigenvalue weighted by Gasteiger charge is 2.18. The van der Waals surface area contributed by atoms with Crippen molar-refractivity contribution in [3.8, 4) is 5.75 Å². The Kier molecular flexibility index (Phi) is 6.41. The number of rotatable bonds is 6. The van der Waals surface area contributed by atoms with Gasteiger partial charge in [0.05, 0.1) is 17.2 Å². The first-order valence-electron chi connectivity index (χ1n) is 9.40. The van der Waals surface area contributed by atoms with E-state index in [0.29, 0.717) is 23.7 Å². The Morgan fingerprint density at radius 3 is 2.39 bits per heavy atom. The summed E-state index contributed by atoms with van der Waals surface area (Å²) in [6.45, 7) is 3.77. The second-order valence-electron chi connectivity index (χ2n) is 6.54. The van der Waals surface area contributed by atoms with E-state index in [0.717, 1.165) is 32.4 Å². The standard InChI is InChI=1S/C20H25N3O4S/c1-2-27-19-9-5-4-8-18(19)22-28(25,26)17-12-10-16(11-13-17)21-20(24)23-14-6-3-7-15-23/h4-5,8-13,22H,2-3,6-7,14-15H2,1H3,(H,21,24). The Balaban J connectivity index is 1.69. The lowest BCUT2D eigenvalue weighted by molar-refractivity contribution is 0.200. The van der Waals surface area contributed by atoms with Crippen LogP contribution in [0.3, 0.4) is 0 Å². The van der Waals surface area contributed by atoms with Crippen LogP contribution in [0.5, 0.6) is 5.75 Å². The topological polar surface area (TPSA) is 87.7 Å². The summed E-state index contributed by atoms with van der Waals surface area (Å²) in [5.41, 5.74) is 0.941. The zero-order valence-corrected chi connectivity index (χ0v) is 16.7. The van der Waals surface area contributed by atoms with Crippen molar-refractivity contribution in [3.63, 3.8) is 0 Å². The SMILES string of the molecule is CCOc1ccccc1NS(=O)(=O)c1ccc(NC(=O)N2CCCCC2)cc1. The fraction of sp³-hybridized carbons (Fsp3) is 0.350. The molecule has 28 heavy (non-hydrogen) atoms. The minimum atomic E-state index is -3.77. The summed E-state index contributed by atoms with van der Waals surface area (Å²) in [7, 11) is -3.77. The van der Waals surface area contributed by atoms with E-state index in [1.54, 1.807) is 41.3 Å². The first kappa shape index (κ1) is 20.0. The van der Waals surface area contributed by atoms with Gasteiger partial charge in [-0.05, 0) is 62.6 Å². The smallest absolute Gasteiger partial charge is 0.321 e. The van der Waals surface area contributed by atoms with E-state index >= 15 is 0 Å². The molecule has 1 aliphatic rings. The highest BCUT2D eigenvalue weighted by molar-refractivity contribution is 7.92. The van der Waals surface area contributed by atoms with Crippen LogP contribution >= 0.6 is 0 Å². The molecule has 1 saturated heterocycles. The van der Waals surface area contributed by atoms with E-state index in [9.17, 15) is 13.2 Å². The van der Waals surface area contributed by atoms with E-state index in [-0.39, 0.29) is 10.9 Å². The summed E-state index contributed by atoms with van der Waals surface area (Å²) in [6, 6.07) is 12.8. The number of para-hydroxylation sites is 2. The van der Waals surface area contributed by atoms with Crippen LogP contribution in [0.1, 0.15) is 26.2 Å². The molecule has 2 aromatic carbocycles. The summed E-state index contributed by atoms with van der Waals surface area (Å²) < 4.78 is 33.4. The van der Waals surface area contributed by atoms with Crippen molar-refractivity contribution in [2.75, 3.05) is 29.7 Å². The minimum absolute atomic E-state index is 0.106. The molecule has 2 N–H and O–H groups in total. The highest BCUT2D eigenvalue weighted by Crippen LogP contribution is 2.27. The number of benzene rings is 2. The number of carbonyl (C=O) groups is 1. The van der Waals surface area contributed by atoms with Gasteiger partial charge in [0.2, 0.25) is 0 Å². The van der Waals surface area contributed by atoms with Gasteiger partial charge < -0.3 is 15.0 Å². The van der Waals surface area contributed by atoms with Crippen molar-refractivity contribution in [1.82, 2.24) is 4.90 Å². The summed E-state index contributed by atoms with van der Waals surface area (Å²) in [5.74, 6) is 0.471. The molecule has 8 heteroatoms. The summed E-state index contributed by atoms with van der Waals surface area (Å²) >= 11 is 0. The summed E-state index contributed by atoms with van der Waals surface area (Å²) in [5, 5.41) is 2.82. The van der Waals surface area contributed by atoms with Gasteiger partial charge in [-0.25, -0.2) is 13.2 Å². The summed E-state index contributed by atoms with van der Waals surface area (Å²) in [6.07, 6.45) is 3.18. The van der Waals surface area contributed by atoms with Crippen LogP contribution in [0, 0.1) is 0 Å². The van der Waals surface area contributed by atoms with E-state index in [1.165, 1.54) is 12.1 Å². The zero-order chi connectivity index (χ0) is 20.0. The molecule has 1 aliphatic heterocycles. The maximum atomic E-state index is 12.7. The molecule has 150 valence electrons. The van der Waals surface area contributed by atoms with Crippen molar-refractivity contribution >= 4 is 27.4 Å². The number of ether oxygens (including phenoxy) is 1. The predicted octanol–water partition coefficient (Wildman–Crippen LogP) is 3.90. The molecule has 7 nitrogen and oxygen atoms in total. The van der Waals surface area contributed by atoms with Crippen molar-refractivity contribution in [3.05, 3.63) is 48.5 Å². The second kappa shape index (κ2) is 8.97. The molecule has 1 fully saturated rings. The number of nitrogens with one attached hydrogen (secondary N) is 2. The molecule has 0 bridgehead atoms. The van der Waals surface area contributed by atoms with Crippen LogP contribution < -0.4 is 14.8 Å². The van der Waals surface area contributed by atoms with Crippen LogP contribution in [0.25, 0.3) is 0 Å². The fourth-order valence-electron chi connectivity index (χ4n) is 3.05. The third-order valence-electron chi connectivity index (χ3n) is 4.49. The minimum Gasteiger partial charge on any atom is -0.492 e. The molecule has 0 saturated carbocycles. The maximum Gasteiger partial charge on any atom is 0.321 e. The van der Waals surface area contributed by atoms with Gasteiger partial charge in [-0.3, -0.25) is 4.72 Å². The third kappa shape index (κ3) is 4.95. The Labute approximate surface area is 165 Å². The number of anilines is 2. The number of urea groups is 1. The van der Waals surface area contributed by atoms with Crippen molar-refractivity contribution in [1.29, 1.82) is 0 Å². The van der Waals surface area contributed by atoms with Gasteiger partial charge >= 0.3 is 6.03 Å². The second-order valence-corrected chi connectivity index (χ2v) is 8.22. The highest BCUT2D eigenvalue weighted by atomic mass is 32.2. The number of carbonyl (C=O) groups excluding carboxylic acids is 1. The van der Waals surface area contributed by atoms with Gasteiger partial charge in [-0.2, -0.15) is 0 Å². The van der Waals surface area contributed by atoms with Crippen molar-refractivity contribution < 1.29 is 17.9 Å². The van der Waals surface area contributed by atoms with E-state index < -0.39 is 10.0 Å². The largest absolute Gasteiger partial charge is 0.492 e. The normalized spacial score (nSPS) is 14.4. The molecule has 0 atom stereocenters. The number of likely N-dealkylation sites (tertiary alicyclic amines) is 1. The number of nitrogens with zero attached hydrogens (tertiary/aromatic N) is 1. The van der Waals surface area contributed by atoms with Crippen molar-refractivity contribution in [2.24, 2.45) is 0 Å². The van der Waals surface area contributed by atoms with Gasteiger partial charge in [-0.15, -0.1) is 0 Å². The van der Waals surface area contributed by atoms with Crippen LogP contribution in [-0.2, 0) is 10.0 Å². The Bertz CT molecular complexity index is 907.